The highest BCUT2D eigenvalue weighted by molar-refractivity contribution is 5.62. The van der Waals surface area contributed by atoms with Gasteiger partial charge in [-0.15, -0.1) is 0 Å². The van der Waals surface area contributed by atoms with Gasteiger partial charge < -0.3 is 4.74 Å². The molecule has 2 nitrogen and oxygen atoms in total. The lowest BCUT2D eigenvalue weighted by Gasteiger charge is -2.03. The molecule has 0 aliphatic heterocycles. The van der Waals surface area contributed by atoms with Crippen molar-refractivity contribution in [3.63, 3.8) is 0 Å². The van der Waals surface area contributed by atoms with Crippen LogP contribution in [0, 0.1) is 6.92 Å². The molecule has 2 rings (SSSR count). The van der Waals surface area contributed by atoms with Gasteiger partial charge in [0.25, 0.3) is 0 Å². The van der Waals surface area contributed by atoms with Gasteiger partial charge in [-0.1, -0.05) is 30.3 Å². The van der Waals surface area contributed by atoms with Crippen molar-refractivity contribution in [2.24, 2.45) is 0 Å². The van der Waals surface area contributed by atoms with Crippen LogP contribution in [-0.4, -0.2) is 12.1 Å². The Labute approximate surface area is 95.9 Å². The SMILES string of the molecule is COCc1ccc(-c2ccc(C)nc2)cc1. The summed E-state index contributed by atoms with van der Waals surface area (Å²) < 4.78 is 5.08. The average Bonchev–Trinajstić information content (AvgIpc) is 2.32. The number of rotatable bonds is 3. The van der Waals surface area contributed by atoms with E-state index in [1.807, 2.05) is 19.2 Å². The summed E-state index contributed by atoms with van der Waals surface area (Å²) in [5, 5.41) is 0. The number of hydrogen-bond acceptors (Lipinski definition) is 2. The Hall–Kier alpha value is -1.67. The first-order chi connectivity index (χ1) is 7.79. The quantitative estimate of drug-likeness (QED) is 0.781. The number of nitrogens with zero attached hydrogens (tertiary/aromatic N) is 1. The van der Waals surface area contributed by atoms with Crippen LogP contribution in [0.5, 0.6) is 0 Å². The van der Waals surface area contributed by atoms with Crippen molar-refractivity contribution in [1.29, 1.82) is 0 Å². The van der Waals surface area contributed by atoms with E-state index in [1.165, 1.54) is 11.1 Å². The van der Waals surface area contributed by atoms with Crippen LogP contribution in [0.25, 0.3) is 11.1 Å². The van der Waals surface area contributed by atoms with Crippen LogP contribution in [0.2, 0.25) is 0 Å². The molecular weight excluding hydrogens is 198 g/mol. The zero-order valence-electron chi connectivity index (χ0n) is 9.60. The molecule has 2 heteroatoms. The second kappa shape index (κ2) is 4.90. The first-order valence-electron chi connectivity index (χ1n) is 5.30. The molecule has 0 N–H and O–H groups in total. The van der Waals surface area contributed by atoms with E-state index >= 15 is 0 Å². The molecule has 16 heavy (non-hydrogen) atoms. The highest BCUT2D eigenvalue weighted by atomic mass is 16.5. The minimum atomic E-state index is 0.659. The van der Waals surface area contributed by atoms with E-state index in [0.29, 0.717) is 6.61 Å². The molecule has 0 bridgehead atoms. The summed E-state index contributed by atoms with van der Waals surface area (Å²) in [7, 11) is 1.71. The Morgan fingerprint density at radius 1 is 1.00 bits per heavy atom. The third kappa shape index (κ3) is 2.47. The Balaban J connectivity index is 2.24. The summed E-state index contributed by atoms with van der Waals surface area (Å²) in [6, 6.07) is 12.5. The minimum absolute atomic E-state index is 0.659. The van der Waals surface area contributed by atoms with Crippen LogP contribution in [0.1, 0.15) is 11.3 Å². The van der Waals surface area contributed by atoms with Crippen molar-refractivity contribution in [3.8, 4) is 11.1 Å². The summed E-state index contributed by atoms with van der Waals surface area (Å²) in [6.45, 7) is 2.65. The Morgan fingerprint density at radius 2 is 1.69 bits per heavy atom. The van der Waals surface area contributed by atoms with Gasteiger partial charge in [0, 0.05) is 24.6 Å². The maximum atomic E-state index is 5.08. The summed E-state index contributed by atoms with van der Waals surface area (Å²) in [5.41, 5.74) is 4.56. The number of ether oxygens (including phenoxy) is 1. The lowest BCUT2D eigenvalue weighted by molar-refractivity contribution is 0.185. The van der Waals surface area contributed by atoms with Crippen LogP contribution in [0.3, 0.4) is 0 Å². The van der Waals surface area contributed by atoms with E-state index < -0.39 is 0 Å². The van der Waals surface area contributed by atoms with Crippen molar-refractivity contribution in [2.45, 2.75) is 13.5 Å². The van der Waals surface area contributed by atoms with E-state index in [1.54, 1.807) is 7.11 Å². The molecule has 0 amide bonds. The molecule has 2 aromatic rings. The molecule has 0 unspecified atom stereocenters. The summed E-state index contributed by atoms with van der Waals surface area (Å²) in [4.78, 5) is 4.29. The lowest BCUT2D eigenvalue weighted by Crippen LogP contribution is -1.87. The molecule has 0 atom stereocenters. The van der Waals surface area contributed by atoms with Gasteiger partial charge in [-0.3, -0.25) is 4.98 Å². The maximum Gasteiger partial charge on any atom is 0.0713 e. The molecule has 1 heterocycles. The van der Waals surface area contributed by atoms with Crippen LogP contribution in [-0.2, 0) is 11.3 Å². The van der Waals surface area contributed by atoms with Gasteiger partial charge in [-0.25, -0.2) is 0 Å². The van der Waals surface area contributed by atoms with Gasteiger partial charge in [-0.05, 0) is 24.1 Å². The Bertz CT molecular complexity index is 445. The largest absolute Gasteiger partial charge is 0.380 e. The average molecular weight is 213 g/mol. The molecule has 0 radical (unpaired) electrons. The molecule has 0 saturated heterocycles. The van der Waals surface area contributed by atoms with E-state index in [2.05, 4.69) is 35.3 Å². The summed E-state index contributed by atoms with van der Waals surface area (Å²) in [6.07, 6.45) is 1.90. The van der Waals surface area contributed by atoms with Crippen molar-refractivity contribution in [2.75, 3.05) is 7.11 Å². The number of pyridine rings is 1. The van der Waals surface area contributed by atoms with E-state index in [4.69, 9.17) is 4.74 Å². The first kappa shape index (κ1) is 10.8. The number of benzene rings is 1. The van der Waals surface area contributed by atoms with Crippen molar-refractivity contribution < 1.29 is 4.74 Å². The molecular formula is C14H15NO. The fourth-order valence-electron chi connectivity index (χ4n) is 1.60. The number of aromatic nitrogens is 1. The zero-order chi connectivity index (χ0) is 11.4. The van der Waals surface area contributed by atoms with Gasteiger partial charge in [-0.2, -0.15) is 0 Å². The monoisotopic (exact) mass is 213 g/mol. The molecule has 82 valence electrons. The van der Waals surface area contributed by atoms with Crippen LogP contribution in [0.4, 0.5) is 0 Å². The maximum absolute atomic E-state index is 5.08. The number of aryl methyl sites for hydroxylation is 1. The molecule has 0 aliphatic rings. The topological polar surface area (TPSA) is 22.1 Å². The summed E-state index contributed by atoms with van der Waals surface area (Å²) in [5.74, 6) is 0. The minimum Gasteiger partial charge on any atom is -0.380 e. The van der Waals surface area contributed by atoms with Gasteiger partial charge in [0.15, 0.2) is 0 Å². The first-order valence-corrected chi connectivity index (χ1v) is 5.30. The standard InChI is InChI=1S/C14H15NO/c1-11-3-6-14(9-15-11)13-7-4-12(5-8-13)10-16-2/h3-9H,10H2,1-2H3. The number of hydrogen-bond donors (Lipinski definition) is 0. The molecule has 0 saturated carbocycles. The Morgan fingerprint density at radius 3 is 2.25 bits per heavy atom. The van der Waals surface area contributed by atoms with Crippen LogP contribution < -0.4 is 0 Å². The normalized spacial score (nSPS) is 10.4. The molecule has 0 fully saturated rings. The third-order valence-electron chi connectivity index (χ3n) is 2.51. The smallest absolute Gasteiger partial charge is 0.0713 e. The van der Waals surface area contributed by atoms with Gasteiger partial charge in [0.2, 0.25) is 0 Å². The van der Waals surface area contributed by atoms with Gasteiger partial charge >= 0.3 is 0 Å². The molecule has 1 aromatic heterocycles. The zero-order valence-corrected chi connectivity index (χ0v) is 9.60. The third-order valence-corrected chi connectivity index (χ3v) is 2.51. The fourth-order valence-corrected chi connectivity index (χ4v) is 1.60. The summed E-state index contributed by atoms with van der Waals surface area (Å²) >= 11 is 0. The van der Waals surface area contributed by atoms with Gasteiger partial charge in [0.1, 0.15) is 0 Å². The second-order valence-electron chi connectivity index (χ2n) is 3.82. The van der Waals surface area contributed by atoms with Crippen LogP contribution in [0.15, 0.2) is 42.6 Å². The number of methoxy groups -OCH3 is 1. The van der Waals surface area contributed by atoms with E-state index in [-0.39, 0.29) is 0 Å². The molecule has 0 aliphatic carbocycles. The predicted molar refractivity (Wildman–Crippen MR) is 65.1 cm³/mol. The van der Waals surface area contributed by atoms with E-state index in [0.717, 1.165) is 11.3 Å². The van der Waals surface area contributed by atoms with Crippen molar-refractivity contribution in [1.82, 2.24) is 4.98 Å². The highest BCUT2D eigenvalue weighted by Gasteiger charge is 1.98. The fraction of sp³-hybridized carbons (Fsp3) is 0.214. The highest BCUT2D eigenvalue weighted by Crippen LogP contribution is 2.19. The second-order valence-corrected chi connectivity index (χ2v) is 3.82. The van der Waals surface area contributed by atoms with Crippen molar-refractivity contribution >= 4 is 0 Å². The van der Waals surface area contributed by atoms with E-state index in [9.17, 15) is 0 Å². The van der Waals surface area contributed by atoms with Crippen LogP contribution >= 0.6 is 0 Å². The predicted octanol–water partition coefficient (Wildman–Crippen LogP) is 3.20. The lowest BCUT2D eigenvalue weighted by atomic mass is 10.1. The molecule has 0 spiro atoms. The Kier molecular flexibility index (Phi) is 3.32. The molecule has 1 aromatic carbocycles. The van der Waals surface area contributed by atoms with Gasteiger partial charge in [0.05, 0.1) is 6.61 Å². The van der Waals surface area contributed by atoms with Crippen molar-refractivity contribution in [3.05, 3.63) is 53.9 Å².